The molecule has 4 heteroatoms. The van der Waals surface area contributed by atoms with Gasteiger partial charge < -0.3 is 10.6 Å². The lowest BCUT2D eigenvalue weighted by Gasteiger charge is -2.15. The Morgan fingerprint density at radius 1 is 1.44 bits per heavy atom. The van der Waals surface area contributed by atoms with Crippen LogP contribution in [0.3, 0.4) is 0 Å². The first-order valence-corrected chi connectivity index (χ1v) is 5.79. The predicted molar refractivity (Wildman–Crippen MR) is 64.8 cm³/mol. The summed E-state index contributed by atoms with van der Waals surface area (Å²) in [7, 11) is 1.63. The van der Waals surface area contributed by atoms with Crippen LogP contribution in [0.5, 0.6) is 0 Å². The number of likely N-dealkylation sites (N-methyl/N-ethyl adjacent to an activating group) is 1. The second kappa shape index (κ2) is 7.24. The van der Waals surface area contributed by atoms with Crippen molar-refractivity contribution in [2.24, 2.45) is 5.41 Å². The summed E-state index contributed by atoms with van der Waals surface area (Å²) in [6, 6.07) is 2.14. The van der Waals surface area contributed by atoms with E-state index < -0.39 is 0 Å². The summed E-state index contributed by atoms with van der Waals surface area (Å²) in [5.74, 6) is 0.0114. The second-order valence-corrected chi connectivity index (χ2v) is 4.74. The summed E-state index contributed by atoms with van der Waals surface area (Å²) in [5, 5.41) is 14.6. The zero-order valence-corrected chi connectivity index (χ0v) is 10.8. The molecule has 0 spiro atoms. The Hall–Kier alpha value is -1.08. The average molecular weight is 225 g/mol. The van der Waals surface area contributed by atoms with Gasteiger partial charge in [-0.05, 0) is 40.2 Å². The number of carbonyl (C=O) groups is 1. The highest BCUT2D eigenvalue weighted by Crippen LogP contribution is 2.21. The van der Waals surface area contributed by atoms with Gasteiger partial charge >= 0.3 is 0 Å². The summed E-state index contributed by atoms with van der Waals surface area (Å²) in [6.45, 7) is 6.56. The van der Waals surface area contributed by atoms with Crippen LogP contribution in [0.2, 0.25) is 0 Å². The van der Waals surface area contributed by atoms with Gasteiger partial charge in [0.25, 0.3) is 0 Å². The summed E-state index contributed by atoms with van der Waals surface area (Å²) < 4.78 is 0. The number of nitrogens with one attached hydrogen (secondary N) is 2. The van der Waals surface area contributed by atoms with Gasteiger partial charge in [0.1, 0.15) is 0 Å². The fourth-order valence-electron chi connectivity index (χ4n) is 1.38. The summed E-state index contributed by atoms with van der Waals surface area (Å²) >= 11 is 0. The largest absolute Gasteiger partial charge is 0.358 e. The van der Waals surface area contributed by atoms with Gasteiger partial charge in [0.15, 0.2) is 0 Å². The molecule has 0 aliphatic rings. The third-order valence-electron chi connectivity index (χ3n) is 2.62. The van der Waals surface area contributed by atoms with E-state index in [2.05, 4.69) is 16.7 Å². The Bertz CT molecular complexity index is 255. The van der Waals surface area contributed by atoms with Gasteiger partial charge in [0.2, 0.25) is 5.91 Å². The fraction of sp³-hybridized carbons (Fsp3) is 0.833. The standard InChI is InChI=1S/C12H23N3O/c1-10(11(16)14-4)15-8-6-5-7-12(2,3)9-13/h10,15H,5-8H2,1-4H3,(H,14,16). The topological polar surface area (TPSA) is 64.9 Å². The van der Waals surface area contributed by atoms with E-state index in [0.717, 1.165) is 25.8 Å². The quantitative estimate of drug-likeness (QED) is 0.644. The maximum Gasteiger partial charge on any atom is 0.236 e. The molecule has 0 aromatic carbocycles. The number of nitriles is 1. The normalized spacial score (nSPS) is 12.9. The van der Waals surface area contributed by atoms with E-state index in [1.54, 1.807) is 7.05 Å². The first-order valence-electron chi connectivity index (χ1n) is 5.79. The number of hydrogen-bond acceptors (Lipinski definition) is 3. The van der Waals surface area contributed by atoms with Crippen LogP contribution in [-0.4, -0.2) is 25.5 Å². The highest BCUT2D eigenvalue weighted by molar-refractivity contribution is 5.80. The zero-order chi connectivity index (χ0) is 12.6. The van der Waals surface area contributed by atoms with E-state index in [0.29, 0.717) is 0 Å². The molecule has 0 aliphatic heterocycles. The zero-order valence-electron chi connectivity index (χ0n) is 10.8. The minimum atomic E-state index is -0.230. The highest BCUT2D eigenvalue weighted by Gasteiger charge is 2.15. The van der Waals surface area contributed by atoms with Gasteiger partial charge in [-0.3, -0.25) is 4.79 Å². The van der Waals surface area contributed by atoms with Crippen molar-refractivity contribution in [3.63, 3.8) is 0 Å². The van der Waals surface area contributed by atoms with Crippen molar-refractivity contribution in [2.45, 2.75) is 46.1 Å². The van der Waals surface area contributed by atoms with Crippen LogP contribution in [0.4, 0.5) is 0 Å². The molecule has 0 saturated carbocycles. The van der Waals surface area contributed by atoms with Crippen LogP contribution in [0.1, 0.15) is 40.0 Å². The predicted octanol–water partition coefficient (Wildman–Crippen LogP) is 1.43. The Labute approximate surface area is 98.4 Å². The molecule has 16 heavy (non-hydrogen) atoms. The molecule has 4 nitrogen and oxygen atoms in total. The lowest BCUT2D eigenvalue weighted by molar-refractivity contribution is -0.122. The summed E-state index contributed by atoms with van der Waals surface area (Å²) in [4.78, 5) is 11.2. The molecule has 1 unspecified atom stereocenters. The smallest absolute Gasteiger partial charge is 0.236 e. The van der Waals surface area contributed by atoms with E-state index in [1.165, 1.54) is 0 Å². The van der Waals surface area contributed by atoms with Crippen LogP contribution < -0.4 is 10.6 Å². The molecular formula is C12H23N3O. The lowest BCUT2D eigenvalue weighted by Crippen LogP contribution is -2.40. The second-order valence-electron chi connectivity index (χ2n) is 4.74. The Morgan fingerprint density at radius 2 is 2.06 bits per heavy atom. The first kappa shape index (κ1) is 14.9. The molecule has 0 fully saturated rings. The number of rotatable bonds is 7. The maximum atomic E-state index is 11.2. The molecule has 2 N–H and O–H groups in total. The number of nitrogens with zero attached hydrogens (tertiary/aromatic N) is 1. The molecule has 92 valence electrons. The van der Waals surface area contributed by atoms with Gasteiger partial charge in [0, 0.05) is 7.05 Å². The van der Waals surface area contributed by atoms with Crippen molar-refractivity contribution < 1.29 is 4.79 Å². The SMILES string of the molecule is CNC(=O)C(C)NCCCCC(C)(C)C#N. The maximum absolute atomic E-state index is 11.2. The molecule has 0 aliphatic carbocycles. The average Bonchev–Trinajstić information content (AvgIpc) is 2.27. The minimum absolute atomic E-state index is 0.0114. The Kier molecular flexibility index (Phi) is 6.75. The van der Waals surface area contributed by atoms with Crippen molar-refractivity contribution in [2.75, 3.05) is 13.6 Å². The molecular weight excluding hydrogens is 202 g/mol. The molecule has 1 atom stereocenters. The van der Waals surface area contributed by atoms with Crippen molar-refractivity contribution in [3.8, 4) is 6.07 Å². The van der Waals surface area contributed by atoms with E-state index >= 15 is 0 Å². The minimum Gasteiger partial charge on any atom is -0.358 e. The van der Waals surface area contributed by atoms with Crippen molar-refractivity contribution in [1.82, 2.24) is 10.6 Å². The monoisotopic (exact) mass is 225 g/mol. The van der Waals surface area contributed by atoms with Gasteiger partial charge in [-0.2, -0.15) is 5.26 Å². The summed E-state index contributed by atoms with van der Waals surface area (Å²) in [6.07, 6.45) is 2.90. The molecule has 0 rings (SSSR count). The van der Waals surface area contributed by atoms with Gasteiger partial charge in [-0.15, -0.1) is 0 Å². The van der Waals surface area contributed by atoms with E-state index in [9.17, 15) is 4.79 Å². The molecule has 0 saturated heterocycles. The van der Waals surface area contributed by atoms with Gasteiger partial charge in [-0.25, -0.2) is 0 Å². The third-order valence-corrected chi connectivity index (χ3v) is 2.62. The molecule has 0 radical (unpaired) electrons. The van der Waals surface area contributed by atoms with Gasteiger partial charge in [-0.1, -0.05) is 6.42 Å². The number of amides is 1. The Morgan fingerprint density at radius 3 is 2.56 bits per heavy atom. The molecule has 0 heterocycles. The highest BCUT2D eigenvalue weighted by atomic mass is 16.2. The lowest BCUT2D eigenvalue weighted by atomic mass is 9.89. The van der Waals surface area contributed by atoms with Crippen LogP contribution in [0.25, 0.3) is 0 Å². The fourth-order valence-corrected chi connectivity index (χ4v) is 1.38. The van der Waals surface area contributed by atoms with Gasteiger partial charge in [0.05, 0.1) is 17.5 Å². The van der Waals surface area contributed by atoms with Crippen molar-refractivity contribution in [3.05, 3.63) is 0 Å². The number of unbranched alkanes of at least 4 members (excludes halogenated alkanes) is 1. The number of hydrogen-bond donors (Lipinski definition) is 2. The first-order chi connectivity index (χ1) is 7.43. The van der Waals surface area contributed by atoms with Crippen LogP contribution in [-0.2, 0) is 4.79 Å². The van der Waals surface area contributed by atoms with Crippen molar-refractivity contribution in [1.29, 1.82) is 5.26 Å². The van der Waals surface area contributed by atoms with E-state index in [-0.39, 0.29) is 17.4 Å². The molecule has 0 bridgehead atoms. The van der Waals surface area contributed by atoms with Crippen LogP contribution in [0.15, 0.2) is 0 Å². The molecule has 0 aromatic heterocycles. The van der Waals surface area contributed by atoms with E-state index in [1.807, 2.05) is 20.8 Å². The molecule has 0 aromatic rings. The molecule has 1 amide bonds. The van der Waals surface area contributed by atoms with Crippen molar-refractivity contribution >= 4 is 5.91 Å². The third kappa shape index (κ3) is 6.41. The van der Waals surface area contributed by atoms with E-state index in [4.69, 9.17) is 5.26 Å². The Balaban J connectivity index is 3.55. The van der Waals surface area contributed by atoms with Crippen LogP contribution >= 0.6 is 0 Å². The number of carbonyl (C=O) groups excluding carboxylic acids is 1. The summed E-state index contributed by atoms with van der Waals surface area (Å²) in [5.41, 5.74) is -0.230. The van der Waals surface area contributed by atoms with Crippen LogP contribution in [0, 0.1) is 16.7 Å².